The first-order valence-electron chi connectivity index (χ1n) is 7.26. The van der Waals surface area contributed by atoms with Crippen molar-refractivity contribution in [3.8, 4) is 0 Å². The van der Waals surface area contributed by atoms with E-state index in [0.29, 0.717) is 10.6 Å². The maximum absolute atomic E-state index is 12.5. The van der Waals surface area contributed by atoms with Crippen molar-refractivity contribution in [3.63, 3.8) is 0 Å². The highest BCUT2D eigenvalue weighted by Gasteiger charge is 2.35. The molecule has 3 N–H and O–H groups in total. The largest absolute Gasteiger partial charge is 0.391 e. The van der Waals surface area contributed by atoms with Crippen LogP contribution in [0.5, 0.6) is 0 Å². The molecule has 1 aliphatic carbocycles. The molecule has 1 aromatic rings. The topological polar surface area (TPSA) is 68.0 Å². The molecule has 1 heterocycles. The zero-order valence-electron chi connectivity index (χ0n) is 11.9. The molecule has 1 saturated carbocycles. The maximum atomic E-state index is 12.5. The first-order chi connectivity index (χ1) is 10.0. The summed E-state index contributed by atoms with van der Waals surface area (Å²) in [6.07, 6.45) is 10.5. The van der Waals surface area contributed by atoms with Gasteiger partial charge in [-0.2, -0.15) is 0 Å². The number of pyridine rings is 1. The SMILES string of the molecule is NC(=S)C1(NC(=O)c2cncc(Br)c2)CCCCCCC1. The second-order valence-electron chi connectivity index (χ2n) is 5.56. The molecule has 0 aliphatic heterocycles. The van der Waals surface area contributed by atoms with Crippen LogP contribution in [0.2, 0.25) is 0 Å². The minimum atomic E-state index is -0.560. The number of nitrogens with zero attached hydrogens (tertiary/aromatic N) is 1. The van der Waals surface area contributed by atoms with Crippen LogP contribution in [0.1, 0.15) is 55.3 Å². The van der Waals surface area contributed by atoms with Gasteiger partial charge in [-0.3, -0.25) is 9.78 Å². The van der Waals surface area contributed by atoms with Crippen LogP contribution < -0.4 is 11.1 Å². The number of halogens is 1. The van der Waals surface area contributed by atoms with Gasteiger partial charge in [0.1, 0.15) is 0 Å². The van der Waals surface area contributed by atoms with Crippen molar-refractivity contribution in [2.45, 2.75) is 50.5 Å². The van der Waals surface area contributed by atoms with E-state index in [-0.39, 0.29) is 5.91 Å². The van der Waals surface area contributed by atoms with Crippen molar-refractivity contribution in [2.75, 3.05) is 0 Å². The van der Waals surface area contributed by atoms with Crippen LogP contribution in [0.3, 0.4) is 0 Å². The Labute approximate surface area is 139 Å². The summed E-state index contributed by atoms with van der Waals surface area (Å²) in [6.45, 7) is 0. The maximum Gasteiger partial charge on any atom is 0.253 e. The Morgan fingerprint density at radius 3 is 2.43 bits per heavy atom. The number of carbonyl (C=O) groups excluding carboxylic acids is 1. The van der Waals surface area contributed by atoms with Gasteiger partial charge < -0.3 is 11.1 Å². The van der Waals surface area contributed by atoms with Gasteiger partial charge in [0.15, 0.2) is 0 Å². The smallest absolute Gasteiger partial charge is 0.253 e. The molecule has 0 saturated heterocycles. The lowest BCUT2D eigenvalue weighted by molar-refractivity contribution is 0.0912. The van der Waals surface area contributed by atoms with Crippen molar-refractivity contribution in [2.24, 2.45) is 5.73 Å². The highest BCUT2D eigenvalue weighted by Crippen LogP contribution is 2.27. The number of carbonyl (C=O) groups is 1. The molecular formula is C15H20BrN3OS. The van der Waals surface area contributed by atoms with Crippen LogP contribution in [0.25, 0.3) is 0 Å². The Morgan fingerprint density at radius 1 is 1.24 bits per heavy atom. The average Bonchev–Trinajstić information content (AvgIpc) is 2.41. The number of nitrogens with two attached hydrogens (primary N) is 1. The van der Waals surface area contributed by atoms with Crippen molar-refractivity contribution in [3.05, 3.63) is 28.5 Å². The highest BCUT2D eigenvalue weighted by molar-refractivity contribution is 9.10. The summed E-state index contributed by atoms with van der Waals surface area (Å²) in [6, 6.07) is 1.75. The number of rotatable bonds is 3. The molecule has 114 valence electrons. The quantitative estimate of drug-likeness (QED) is 0.801. The van der Waals surface area contributed by atoms with Gasteiger partial charge in [0.25, 0.3) is 5.91 Å². The first kappa shape index (κ1) is 16.4. The van der Waals surface area contributed by atoms with E-state index in [0.717, 1.165) is 30.2 Å². The molecule has 0 aromatic carbocycles. The van der Waals surface area contributed by atoms with Gasteiger partial charge >= 0.3 is 0 Å². The van der Waals surface area contributed by atoms with Gasteiger partial charge in [-0.1, -0.05) is 44.3 Å². The van der Waals surface area contributed by atoms with Crippen molar-refractivity contribution < 1.29 is 4.79 Å². The molecule has 0 spiro atoms. The number of thiocarbonyl (C=S) groups is 1. The molecule has 6 heteroatoms. The predicted molar refractivity (Wildman–Crippen MR) is 91.2 cm³/mol. The first-order valence-corrected chi connectivity index (χ1v) is 8.47. The van der Waals surface area contributed by atoms with Gasteiger partial charge in [-0.25, -0.2) is 0 Å². The molecular weight excluding hydrogens is 350 g/mol. The fourth-order valence-electron chi connectivity index (χ4n) is 2.77. The summed E-state index contributed by atoms with van der Waals surface area (Å²) < 4.78 is 0.775. The van der Waals surface area contributed by atoms with E-state index in [9.17, 15) is 4.79 Å². The molecule has 21 heavy (non-hydrogen) atoms. The fraction of sp³-hybridized carbons (Fsp3) is 0.533. The third kappa shape index (κ3) is 4.23. The summed E-state index contributed by atoms with van der Waals surface area (Å²) in [4.78, 5) is 16.9. The van der Waals surface area contributed by atoms with Crippen molar-refractivity contribution >= 4 is 39.0 Å². The van der Waals surface area contributed by atoms with E-state index in [4.69, 9.17) is 18.0 Å². The minimum Gasteiger partial charge on any atom is -0.391 e. The Morgan fingerprint density at radius 2 is 1.86 bits per heavy atom. The van der Waals surface area contributed by atoms with E-state index in [1.807, 2.05) is 0 Å². The zero-order chi connectivity index (χ0) is 15.3. The van der Waals surface area contributed by atoms with Gasteiger partial charge in [-0.15, -0.1) is 0 Å². The number of aromatic nitrogens is 1. The van der Waals surface area contributed by atoms with Crippen molar-refractivity contribution in [1.29, 1.82) is 0 Å². The molecule has 0 unspecified atom stereocenters. The van der Waals surface area contributed by atoms with Gasteiger partial charge in [-0.05, 0) is 34.8 Å². The minimum absolute atomic E-state index is 0.169. The predicted octanol–water partition coefficient (Wildman–Crippen LogP) is 3.34. The second kappa shape index (κ2) is 7.31. The summed E-state index contributed by atoms with van der Waals surface area (Å²) >= 11 is 8.59. The molecule has 1 fully saturated rings. The lowest BCUT2D eigenvalue weighted by atomic mass is 9.83. The average molecular weight is 370 g/mol. The third-order valence-corrected chi connectivity index (χ3v) is 4.82. The Kier molecular flexibility index (Phi) is 5.70. The lowest BCUT2D eigenvalue weighted by Crippen LogP contribution is -2.57. The summed E-state index contributed by atoms with van der Waals surface area (Å²) in [7, 11) is 0. The summed E-state index contributed by atoms with van der Waals surface area (Å²) in [5.41, 5.74) is 5.93. The molecule has 1 aromatic heterocycles. The van der Waals surface area contributed by atoms with Crippen LogP contribution in [-0.4, -0.2) is 21.4 Å². The molecule has 4 nitrogen and oxygen atoms in total. The van der Waals surface area contributed by atoms with Crippen LogP contribution in [0, 0.1) is 0 Å². The number of hydrogen-bond acceptors (Lipinski definition) is 3. The molecule has 0 bridgehead atoms. The third-order valence-electron chi connectivity index (χ3n) is 4.00. The van der Waals surface area contributed by atoms with E-state index in [2.05, 4.69) is 26.2 Å². The Hall–Kier alpha value is -1.01. The van der Waals surface area contributed by atoms with Crippen molar-refractivity contribution in [1.82, 2.24) is 10.3 Å². The number of amides is 1. The summed E-state index contributed by atoms with van der Waals surface area (Å²) in [5.74, 6) is -0.169. The standard InChI is InChI=1S/C15H20BrN3OS/c16-12-8-11(9-18-10-12)13(20)19-15(14(17)21)6-4-2-1-3-5-7-15/h8-10H,1-7H2,(H2,17,21)(H,19,20). The number of nitrogens with one attached hydrogen (secondary N) is 1. The summed E-state index contributed by atoms with van der Waals surface area (Å²) in [5, 5.41) is 3.08. The van der Waals surface area contributed by atoms with E-state index in [1.165, 1.54) is 19.3 Å². The molecule has 0 radical (unpaired) electrons. The molecule has 0 atom stereocenters. The van der Waals surface area contributed by atoms with E-state index < -0.39 is 5.54 Å². The lowest BCUT2D eigenvalue weighted by Gasteiger charge is -2.35. The van der Waals surface area contributed by atoms with Gasteiger partial charge in [0.05, 0.1) is 16.1 Å². The number of hydrogen-bond donors (Lipinski definition) is 2. The van der Waals surface area contributed by atoms with Crippen LogP contribution in [0.15, 0.2) is 22.9 Å². The fourth-order valence-corrected chi connectivity index (χ4v) is 3.39. The monoisotopic (exact) mass is 369 g/mol. The van der Waals surface area contributed by atoms with Gasteiger partial charge in [0, 0.05) is 16.9 Å². The normalized spacial score (nSPS) is 18.3. The molecule has 2 rings (SSSR count). The Balaban J connectivity index is 2.18. The van der Waals surface area contributed by atoms with E-state index in [1.54, 1.807) is 18.5 Å². The van der Waals surface area contributed by atoms with Crippen LogP contribution in [-0.2, 0) is 0 Å². The molecule has 1 amide bonds. The highest BCUT2D eigenvalue weighted by atomic mass is 79.9. The second-order valence-corrected chi connectivity index (χ2v) is 6.92. The van der Waals surface area contributed by atoms with Crippen LogP contribution >= 0.6 is 28.1 Å². The molecule has 1 aliphatic rings. The van der Waals surface area contributed by atoms with Crippen LogP contribution in [0.4, 0.5) is 0 Å². The van der Waals surface area contributed by atoms with E-state index >= 15 is 0 Å². The zero-order valence-corrected chi connectivity index (χ0v) is 14.3. The Bertz CT molecular complexity index is 527. The van der Waals surface area contributed by atoms with Gasteiger partial charge in [0.2, 0.25) is 0 Å².